The predicted molar refractivity (Wildman–Crippen MR) is 118 cm³/mol. The molecule has 0 saturated heterocycles. The third-order valence-electron chi connectivity index (χ3n) is 4.75. The van der Waals surface area contributed by atoms with Crippen molar-refractivity contribution in [3.63, 3.8) is 0 Å². The molecule has 0 amide bonds. The Morgan fingerprint density at radius 3 is 2.59 bits per heavy atom. The Labute approximate surface area is 188 Å². The highest BCUT2D eigenvalue weighted by Crippen LogP contribution is 2.13. The fraction of sp³-hybridized carbons (Fsp3) is 0.522. The van der Waals surface area contributed by atoms with E-state index in [-0.39, 0.29) is 30.5 Å². The Hall–Kier alpha value is -3.23. The van der Waals surface area contributed by atoms with E-state index >= 15 is 0 Å². The van der Waals surface area contributed by atoms with Gasteiger partial charge in [-0.1, -0.05) is 44.9 Å². The summed E-state index contributed by atoms with van der Waals surface area (Å²) in [7, 11) is 1.61. The zero-order valence-corrected chi connectivity index (χ0v) is 19.1. The summed E-state index contributed by atoms with van der Waals surface area (Å²) in [5, 5.41) is 12.0. The summed E-state index contributed by atoms with van der Waals surface area (Å²) in [6.45, 7) is 7.88. The molecule has 2 rings (SSSR count). The second-order valence-corrected chi connectivity index (χ2v) is 7.59. The van der Waals surface area contributed by atoms with E-state index in [1.54, 1.807) is 7.11 Å². The molecule has 0 aliphatic heterocycles. The maximum Gasteiger partial charge on any atom is 0.334 e. The topological polar surface area (TPSA) is 105 Å². The minimum Gasteiger partial charge on any atom is -0.497 e. The molecule has 0 saturated carbocycles. The number of aromatic nitrogens is 4. The van der Waals surface area contributed by atoms with Gasteiger partial charge in [0.25, 0.3) is 0 Å². The average Bonchev–Trinajstić information content (AvgIpc) is 3.22. The van der Waals surface area contributed by atoms with E-state index in [1.165, 1.54) is 11.2 Å². The number of methoxy groups -OCH3 is 1. The molecule has 1 atom stereocenters. The fourth-order valence-electron chi connectivity index (χ4n) is 2.96. The number of hydrogen-bond acceptors (Lipinski definition) is 8. The average molecular weight is 445 g/mol. The van der Waals surface area contributed by atoms with Crippen molar-refractivity contribution in [2.24, 2.45) is 0 Å². The van der Waals surface area contributed by atoms with E-state index < -0.39 is 11.9 Å². The standard InChI is InChI=1S/C23H32N4O5/c1-5-6-7-8-9-18(3)32-22(28)14-17(2)23(29)31-16-21-24-26-27(25-21)15-19-10-12-20(30-4)13-11-19/h10-13,18H,2,5-9,14-16H2,1,3-4H3. The Balaban J connectivity index is 1.71. The number of tetrazole rings is 1. The number of hydrogen-bond donors (Lipinski definition) is 0. The van der Waals surface area contributed by atoms with Crippen molar-refractivity contribution in [1.82, 2.24) is 20.2 Å². The van der Waals surface area contributed by atoms with Crippen molar-refractivity contribution in [2.75, 3.05) is 7.11 Å². The van der Waals surface area contributed by atoms with Gasteiger partial charge in [0.2, 0.25) is 5.82 Å². The van der Waals surface area contributed by atoms with Crippen LogP contribution in [0.15, 0.2) is 36.4 Å². The van der Waals surface area contributed by atoms with E-state index in [2.05, 4.69) is 28.9 Å². The minimum atomic E-state index is -0.691. The summed E-state index contributed by atoms with van der Waals surface area (Å²) in [5.41, 5.74) is 0.997. The SMILES string of the molecule is C=C(CC(=O)OC(C)CCCCCC)C(=O)OCc1nnn(Cc2ccc(OC)cc2)n1. The molecule has 0 fully saturated rings. The van der Waals surface area contributed by atoms with Gasteiger partial charge < -0.3 is 14.2 Å². The van der Waals surface area contributed by atoms with E-state index in [0.29, 0.717) is 6.54 Å². The van der Waals surface area contributed by atoms with Crippen LogP contribution in [0.1, 0.15) is 63.8 Å². The van der Waals surface area contributed by atoms with Gasteiger partial charge in [-0.2, -0.15) is 4.80 Å². The van der Waals surface area contributed by atoms with Crippen molar-refractivity contribution in [3.8, 4) is 5.75 Å². The molecular formula is C23H32N4O5. The molecule has 0 spiro atoms. The van der Waals surface area contributed by atoms with Crippen LogP contribution in [-0.2, 0) is 32.2 Å². The Kier molecular flexibility index (Phi) is 10.4. The lowest BCUT2D eigenvalue weighted by atomic mass is 10.1. The fourth-order valence-corrected chi connectivity index (χ4v) is 2.96. The zero-order chi connectivity index (χ0) is 23.3. The molecule has 0 N–H and O–H groups in total. The van der Waals surface area contributed by atoms with Crippen LogP contribution in [0, 0.1) is 0 Å². The van der Waals surface area contributed by atoms with E-state index in [1.807, 2.05) is 31.2 Å². The molecule has 1 heterocycles. The van der Waals surface area contributed by atoms with Crippen LogP contribution in [0.2, 0.25) is 0 Å². The van der Waals surface area contributed by atoms with Crippen molar-refractivity contribution in [3.05, 3.63) is 47.8 Å². The van der Waals surface area contributed by atoms with Crippen LogP contribution < -0.4 is 4.74 Å². The second-order valence-electron chi connectivity index (χ2n) is 7.59. The van der Waals surface area contributed by atoms with E-state index in [9.17, 15) is 9.59 Å². The number of carbonyl (C=O) groups excluding carboxylic acids is 2. The van der Waals surface area contributed by atoms with Gasteiger partial charge in [-0.05, 0) is 42.7 Å². The molecule has 0 aliphatic carbocycles. The molecule has 0 radical (unpaired) electrons. The zero-order valence-electron chi connectivity index (χ0n) is 19.1. The molecular weight excluding hydrogens is 412 g/mol. The molecule has 1 aromatic heterocycles. The first-order valence-electron chi connectivity index (χ1n) is 10.8. The summed E-state index contributed by atoms with van der Waals surface area (Å²) in [6.07, 6.45) is 4.87. The molecule has 0 aliphatic rings. The molecule has 1 aromatic carbocycles. The van der Waals surface area contributed by atoms with Crippen molar-refractivity contribution in [1.29, 1.82) is 0 Å². The Morgan fingerprint density at radius 1 is 1.16 bits per heavy atom. The lowest BCUT2D eigenvalue weighted by Gasteiger charge is -2.13. The lowest BCUT2D eigenvalue weighted by Crippen LogP contribution is -2.18. The highest BCUT2D eigenvalue weighted by molar-refractivity contribution is 5.93. The van der Waals surface area contributed by atoms with Crippen LogP contribution in [0.5, 0.6) is 5.75 Å². The van der Waals surface area contributed by atoms with Crippen LogP contribution in [0.4, 0.5) is 0 Å². The van der Waals surface area contributed by atoms with Crippen LogP contribution in [0.3, 0.4) is 0 Å². The quantitative estimate of drug-likeness (QED) is 0.247. The first kappa shape index (κ1) is 25.0. The first-order valence-corrected chi connectivity index (χ1v) is 10.8. The van der Waals surface area contributed by atoms with Gasteiger partial charge in [-0.3, -0.25) is 4.79 Å². The number of carbonyl (C=O) groups is 2. The van der Waals surface area contributed by atoms with Gasteiger partial charge >= 0.3 is 11.9 Å². The Bertz CT molecular complexity index is 879. The van der Waals surface area contributed by atoms with Gasteiger partial charge in [0.1, 0.15) is 5.75 Å². The van der Waals surface area contributed by atoms with E-state index in [4.69, 9.17) is 14.2 Å². The predicted octanol–water partition coefficient (Wildman–Crippen LogP) is 3.62. The minimum absolute atomic E-state index is 0.0267. The van der Waals surface area contributed by atoms with Gasteiger partial charge in [-0.15, -0.1) is 10.2 Å². The normalized spacial score (nSPS) is 11.6. The molecule has 9 nitrogen and oxygen atoms in total. The second kappa shape index (κ2) is 13.2. The monoisotopic (exact) mass is 444 g/mol. The maximum absolute atomic E-state index is 12.1. The molecule has 0 bridgehead atoms. The van der Waals surface area contributed by atoms with Crippen LogP contribution in [-0.4, -0.2) is 45.4 Å². The third-order valence-corrected chi connectivity index (χ3v) is 4.75. The highest BCUT2D eigenvalue weighted by atomic mass is 16.5. The third kappa shape index (κ3) is 8.87. The van der Waals surface area contributed by atoms with Crippen molar-refractivity contribution >= 4 is 11.9 Å². The van der Waals surface area contributed by atoms with Gasteiger partial charge in [0.05, 0.1) is 26.2 Å². The van der Waals surface area contributed by atoms with E-state index in [0.717, 1.165) is 37.0 Å². The summed E-state index contributed by atoms with van der Waals surface area (Å²) in [4.78, 5) is 25.5. The van der Waals surface area contributed by atoms with Crippen molar-refractivity contribution < 1.29 is 23.8 Å². The van der Waals surface area contributed by atoms with Gasteiger partial charge in [0.15, 0.2) is 6.61 Å². The highest BCUT2D eigenvalue weighted by Gasteiger charge is 2.17. The van der Waals surface area contributed by atoms with Crippen LogP contribution in [0.25, 0.3) is 0 Å². The largest absolute Gasteiger partial charge is 0.497 e. The number of benzene rings is 1. The molecule has 9 heteroatoms. The number of esters is 2. The first-order chi connectivity index (χ1) is 15.4. The number of rotatable bonds is 14. The molecule has 32 heavy (non-hydrogen) atoms. The number of nitrogens with zero attached hydrogens (tertiary/aromatic N) is 4. The van der Waals surface area contributed by atoms with Gasteiger partial charge in [0, 0.05) is 5.57 Å². The molecule has 2 aromatic rings. The Morgan fingerprint density at radius 2 is 1.91 bits per heavy atom. The van der Waals surface area contributed by atoms with Crippen molar-refractivity contribution in [2.45, 2.75) is 71.6 Å². The number of ether oxygens (including phenoxy) is 3. The molecule has 1 unspecified atom stereocenters. The number of unbranched alkanes of at least 4 members (excludes halogenated alkanes) is 3. The van der Waals surface area contributed by atoms with Crippen LogP contribution >= 0.6 is 0 Å². The maximum atomic E-state index is 12.1. The molecule has 174 valence electrons. The lowest BCUT2D eigenvalue weighted by molar-refractivity contribution is -0.150. The van der Waals surface area contributed by atoms with Gasteiger partial charge in [-0.25, -0.2) is 4.79 Å². The summed E-state index contributed by atoms with van der Waals surface area (Å²) < 4.78 is 15.6. The smallest absolute Gasteiger partial charge is 0.334 e. The summed E-state index contributed by atoms with van der Waals surface area (Å²) >= 11 is 0. The summed E-state index contributed by atoms with van der Waals surface area (Å²) in [6, 6.07) is 7.49. The summed E-state index contributed by atoms with van der Waals surface area (Å²) in [5.74, 6) is -0.163.